The van der Waals surface area contributed by atoms with Crippen molar-refractivity contribution in [3.63, 3.8) is 0 Å². The van der Waals surface area contributed by atoms with Crippen LogP contribution in [0.1, 0.15) is 103 Å². The lowest BCUT2D eigenvalue weighted by atomic mass is 9.92. The van der Waals surface area contributed by atoms with Crippen molar-refractivity contribution >= 4 is 20.9 Å². The van der Waals surface area contributed by atoms with Crippen LogP contribution in [0.5, 0.6) is 0 Å². The Morgan fingerprint density at radius 3 is 1.82 bits per heavy atom. The fraction of sp³-hybridized carbons (Fsp3) is 0.643. The highest BCUT2D eigenvalue weighted by atomic mass is 32.2. The summed E-state index contributed by atoms with van der Waals surface area (Å²) in [5, 5.41) is 1.54. The first-order chi connectivity index (χ1) is 15.2. The predicted molar refractivity (Wildman–Crippen MR) is 142 cm³/mol. The minimum atomic E-state index is -4.29. The molecule has 2 rings (SSSR count). The van der Waals surface area contributed by atoms with E-state index in [1.54, 1.807) is 0 Å². The van der Waals surface area contributed by atoms with Crippen LogP contribution in [0.4, 0.5) is 0 Å². The molecule has 0 unspecified atom stereocenters. The molecule has 188 valence electrons. The van der Waals surface area contributed by atoms with E-state index in [1.807, 2.05) is 24.3 Å². The first kappa shape index (κ1) is 29.6. The first-order valence-electron chi connectivity index (χ1n) is 12.7. The fourth-order valence-electron chi connectivity index (χ4n) is 4.63. The van der Waals surface area contributed by atoms with Gasteiger partial charge in [0.15, 0.2) is 0 Å². The molecule has 0 atom stereocenters. The second-order valence-corrected chi connectivity index (χ2v) is 11.6. The van der Waals surface area contributed by atoms with Gasteiger partial charge in [0.2, 0.25) is 0 Å². The number of hydrogen-bond acceptors (Lipinski definition) is 3. The summed E-state index contributed by atoms with van der Waals surface area (Å²) in [6.45, 7) is 9.03. The van der Waals surface area contributed by atoms with E-state index in [9.17, 15) is 13.0 Å². The molecule has 0 aliphatic carbocycles. The SMILES string of the molecule is CC(C)CCCCCCc1cc2ccccc2c(S(=O)(=O)O)c1CCCCCCC(C)C.N. The van der Waals surface area contributed by atoms with Gasteiger partial charge in [-0.1, -0.05) is 109 Å². The summed E-state index contributed by atoms with van der Waals surface area (Å²) in [7, 11) is -4.29. The van der Waals surface area contributed by atoms with Crippen molar-refractivity contribution in [1.29, 1.82) is 0 Å². The van der Waals surface area contributed by atoms with Gasteiger partial charge in [-0.05, 0) is 54.0 Å². The molecule has 33 heavy (non-hydrogen) atoms. The van der Waals surface area contributed by atoms with E-state index in [0.717, 1.165) is 60.5 Å². The maximum absolute atomic E-state index is 12.5. The second-order valence-electron chi connectivity index (χ2n) is 10.2. The Bertz CT molecular complexity index is 936. The lowest BCUT2D eigenvalue weighted by Crippen LogP contribution is -2.08. The van der Waals surface area contributed by atoms with Crippen LogP contribution >= 0.6 is 0 Å². The minimum absolute atomic E-state index is 0. The van der Waals surface area contributed by atoms with E-state index in [1.165, 1.54) is 38.5 Å². The van der Waals surface area contributed by atoms with Gasteiger partial charge in [-0.25, -0.2) is 0 Å². The van der Waals surface area contributed by atoms with Crippen LogP contribution in [0.2, 0.25) is 0 Å². The molecule has 4 N–H and O–H groups in total. The highest BCUT2D eigenvalue weighted by Gasteiger charge is 2.22. The van der Waals surface area contributed by atoms with Crippen LogP contribution in [-0.4, -0.2) is 13.0 Å². The van der Waals surface area contributed by atoms with Crippen LogP contribution in [0.15, 0.2) is 35.2 Å². The summed E-state index contributed by atoms with van der Waals surface area (Å²) in [4.78, 5) is 0.146. The van der Waals surface area contributed by atoms with Crippen molar-refractivity contribution in [2.75, 3.05) is 0 Å². The van der Waals surface area contributed by atoms with Crippen molar-refractivity contribution in [1.82, 2.24) is 6.15 Å². The zero-order valence-corrected chi connectivity index (χ0v) is 22.2. The zero-order valence-electron chi connectivity index (χ0n) is 21.4. The van der Waals surface area contributed by atoms with Gasteiger partial charge in [-0.3, -0.25) is 4.55 Å². The molecule has 0 fully saturated rings. The minimum Gasteiger partial charge on any atom is -0.344 e. The maximum Gasteiger partial charge on any atom is 0.295 e. The number of hydrogen-bond donors (Lipinski definition) is 2. The monoisotopic (exact) mass is 477 g/mol. The normalized spacial score (nSPS) is 12.0. The lowest BCUT2D eigenvalue weighted by molar-refractivity contribution is 0.482. The molecule has 0 saturated carbocycles. The van der Waals surface area contributed by atoms with Gasteiger partial charge in [0, 0.05) is 5.39 Å². The van der Waals surface area contributed by atoms with Crippen molar-refractivity contribution in [3.8, 4) is 0 Å². The van der Waals surface area contributed by atoms with Crippen molar-refractivity contribution in [3.05, 3.63) is 41.5 Å². The van der Waals surface area contributed by atoms with Crippen molar-refractivity contribution < 1.29 is 13.0 Å². The molecule has 5 heteroatoms. The highest BCUT2D eigenvalue weighted by Crippen LogP contribution is 2.32. The van der Waals surface area contributed by atoms with Crippen LogP contribution in [0.25, 0.3) is 10.8 Å². The third-order valence-corrected chi connectivity index (χ3v) is 7.37. The number of unbranched alkanes of at least 4 members (excludes halogenated alkanes) is 6. The standard InChI is InChI=1S/C28H44O3S.H3N/c1-22(2)15-9-5-7-11-17-24-21-25-18-13-14-20-27(25)28(32(29,30)31)26(24)19-12-8-6-10-16-23(3)4;/h13-14,18,20-23H,5-12,15-17,19H2,1-4H3,(H,29,30,31);1H3. The fourth-order valence-corrected chi connectivity index (χ4v) is 5.64. The summed E-state index contributed by atoms with van der Waals surface area (Å²) in [6, 6.07) is 9.71. The Kier molecular flexibility index (Phi) is 13.2. The molecule has 0 amide bonds. The van der Waals surface area contributed by atoms with E-state index in [4.69, 9.17) is 0 Å². The molecule has 0 aromatic heterocycles. The smallest absolute Gasteiger partial charge is 0.295 e. The quantitative estimate of drug-likeness (QED) is 0.199. The molecule has 0 spiro atoms. The maximum atomic E-state index is 12.5. The third kappa shape index (κ3) is 10.2. The molecule has 0 saturated heterocycles. The molecule has 2 aromatic carbocycles. The molecule has 0 aliphatic heterocycles. The highest BCUT2D eigenvalue weighted by molar-refractivity contribution is 7.86. The Hall–Kier alpha value is -1.43. The average molecular weight is 478 g/mol. The molecule has 4 nitrogen and oxygen atoms in total. The Labute approximate surface area is 202 Å². The Morgan fingerprint density at radius 2 is 1.27 bits per heavy atom. The summed E-state index contributed by atoms with van der Waals surface area (Å²) >= 11 is 0. The van der Waals surface area contributed by atoms with Gasteiger partial charge in [0.1, 0.15) is 4.90 Å². The van der Waals surface area contributed by atoms with Gasteiger partial charge in [0.05, 0.1) is 0 Å². The van der Waals surface area contributed by atoms with E-state index < -0.39 is 10.1 Å². The van der Waals surface area contributed by atoms with E-state index in [-0.39, 0.29) is 11.0 Å². The largest absolute Gasteiger partial charge is 0.344 e. The molecular formula is C28H47NO3S. The first-order valence-corrected chi connectivity index (χ1v) is 14.1. The van der Waals surface area contributed by atoms with Crippen molar-refractivity contribution in [2.24, 2.45) is 11.8 Å². The third-order valence-electron chi connectivity index (χ3n) is 6.39. The van der Waals surface area contributed by atoms with E-state index in [2.05, 4.69) is 33.8 Å². The van der Waals surface area contributed by atoms with Crippen molar-refractivity contribution in [2.45, 2.75) is 110 Å². The van der Waals surface area contributed by atoms with Crippen LogP contribution in [0.3, 0.4) is 0 Å². The zero-order chi connectivity index (χ0) is 23.6. The molecule has 0 bridgehead atoms. The Morgan fingerprint density at radius 1 is 0.758 bits per heavy atom. The molecule has 0 radical (unpaired) electrons. The van der Waals surface area contributed by atoms with Gasteiger partial charge < -0.3 is 6.15 Å². The Balaban J connectivity index is 0.00000544. The van der Waals surface area contributed by atoms with E-state index >= 15 is 0 Å². The molecule has 2 aromatic rings. The van der Waals surface area contributed by atoms with Crippen LogP contribution in [-0.2, 0) is 23.0 Å². The van der Waals surface area contributed by atoms with E-state index in [0.29, 0.717) is 11.8 Å². The van der Waals surface area contributed by atoms with Gasteiger partial charge in [0.25, 0.3) is 10.1 Å². The van der Waals surface area contributed by atoms with Gasteiger partial charge in [-0.15, -0.1) is 0 Å². The molecular weight excluding hydrogens is 430 g/mol. The molecule has 0 heterocycles. The number of aryl methyl sites for hydroxylation is 1. The van der Waals surface area contributed by atoms with Crippen LogP contribution in [0, 0.1) is 11.8 Å². The van der Waals surface area contributed by atoms with Gasteiger partial charge >= 0.3 is 0 Å². The summed E-state index contributed by atoms with van der Waals surface area (Å²) in [5.74, 6) is 1.48. The summed E-state index contributed by atoms with van der Waals surface area (Å²) < 4.78 is 35.1. The van der Waals surface area contributed by atoms with Gasteiger partial charge in [-0.2, -0.15) is 8.42 Å². The topological polar surface area (TPSA) is 89.4 Å². The number of fused-ring (bicyclic) bond motifs is 1. The summed E-state index contributed by atoms with van der Waals surface area (Å²) in [6.07, 6.45) is 13.3. The average Bonchev–Trinajstić information content (AvgIpc) is 2.71. The van der Waals surface area contributed by atoms with Crippen LogP contribution < -0.4 is 6.15 Å². The predicted octanol–water partition coefficient (Wildman–Crippen LogP) is 8.55. The molecule has 0 aliphatic rings. The lowest BCUT2D eigenvalue weighted by Gasteiger charge is -2.17. The summed E-state index contributed by atoms with van der Waals surface area (Å²) in [5.41, 5.74) is 1.94. The number of rotatable bonds is 15. The second kappa shape index (κ2) is 14.7. The number of benzene rings is 2.